The first-order valence-corrected chi connectivity index (χ1v) is 4.33. The fourth-order valence-electron chi connectivity index (χ4n) is 1.14. The maximum atomic E-state index is 10.5. The van der Waals surface area contributed by atoms with E-state index < -0.39 is 17.5 Å². The van der Waals surface area contributed by atoms with Gasteiger partial charge in [-0.05, 0) is 12.1 Å². The van der Waals surface area contributed by atoms with Crippen LogP contribution in [-0.4, -0.2) is 19.0 Å². The third-order valence-corrected chi connectivity index (χ3v) is 1.88. The fourth-order valence-corrected chi connectivity index (χ4v) is 1.14. The average Bonchev–Trinajstić information content (AvgIpc) is 2.25. The van der Waals surface area contributed by atoms with E-state index in [1.807, 2.05) is 0 Å². The number of methoxy groups -OCH3 is 1. The van der Waals surface area contributed by atoms with Crippen LogP contribution in [0, 0.1) is 0 Å². The number of carboxylic acids is 2. The minimum Gasteiger partial charge on any atom is -0.545 e. The van der Waals surface area contributed by atoms with Crippen LogP contribution in [0.25, 0.3) is 6.08 Å². The molecule has 1 rings (SSSR count). The molecule has 0 aliphatic rings. The largest absolute Gasteiger partial charge is 1.00 e. The normalized spacial score (nSPS) is 8.28. The molecule has 0 amide bonds. The van der Waals surface area contributed by atoms with Crippen LogP contribution < -0.4 is 118 Å². The Balaban J connectivity index is 0. The standard InChI is InChI=1S/C11H10O5.2K/c1-16-9-5-3-2-4-7(9)6-8(10(12)13)11(14)15;;/h2-6H,1H3,(H,12,13)(H,14,15);;/q;2*+1/p-2. The van der Waals surface area contributed by atoms with Crippen molar-refractivity contribution < 1.29 is 127 Å². The predicted octanol–water partition coefficient (Wildman–Crippen LogP) is -7.41. The molecule has 7 heteroatoms. The number of para-hydroxylation sites is 1. The van der Waals surface area contributed by atoms with Crippen LogP contribution >= 0.6 is 0 Å². The minimum atomic E-state index is -1.80. The van der Waals surface area contributed by atoms with Gasteiger partial charge in [-0.2, -0.15) is 0 Å². The molecule has 1 aromatic rings. The quantitative estimate of drug-likeness (QED) is 0.238. The van der Waals surface area contributed by atoms with E-state index in [1.165, 1.54) is 13.2 Å². The van der Waals surface area contributed by atoms with Crippen LogP contribution in [0.15, 0.2) is 29.8 Å². The second-order valence-electron chi connectivity index (χ2n) is 2.87. The average molecular weight is 298 g/mol. The Labute approximate surface area is 189 Å². The van der Waals surface area contributed by atoms with E-state index in [0.29, 0.717) is 11.3 Å². The zero-order valence-electron chi connectivity index (χ0n) is 10.4. The van der Waals surface area contributed by atoms with E-state index >= 15 is 0 Å². The van der Waals surface area contributed by atoms with Gasteiger partial charge in [0.1, 0.15) is 5.75 Å². The Morgan fingerprint density at radius 1 is 1.11 bits per heavy atom. The molecule has 1 aromatic carbocycles. The van der Waals surface area contributed by atoms with Gasteiger partial charge in [-0.3, -0.25) is 0 Å². The first kappa shape index (κ1) is 21.3. The number of carbonyl (C=O) groups is 2. The number of benzene rings is 1. The van der Waals surface area contributed by atoms with Crippen molar-refractivity contribution in [3.05, 3.63) is 35.4 Å². The molecule has 0 atom stereocenters. The van der Waals surface area contributed by atoms with Crippen LogP contribution in [0.1, 0.15) is 5.56 Å². The van der Waals surface area contributed by atoms with Crippen molar-refractivity contribution in [2.75, 3.05) is 7.11 Å². The minimum absolute atomic E-state index is 0. The number of ether oxygens (including phenoxy) is 1. The summed E-state index contributed by atoms with van der Waals surface area (Å²) in [6.07, 6.45) is 0.934. The van der Waals surface area contributed by atoms with Crippen molar-refractivity contribution in [2.24, 2.45) is 0 Å². The Morgan fingerprint density at radius 3 is 2.06 bits per heavy atom. The Hall–Kier alpha value is 0.973. The van der Waals surface area contributed by atoms with Crippen molar-refractivity contribution in [1.82, 2.24) is 0 Å². The van der Waals surface area contributed by atoms with Gasteiger partial charge in [0.2, 0.25) is 0 Å². The Bertz CT molecular complexity index is 441. The first-order chi connectivity index (χ1) is 7.56. The third-order valence-electron chi connectivity index (χ3n) is 1.88. The zero-order valence-corrected chi connectivity index (χ0v) is 16.7. The van der Waals surface area contributed by atoms with E-state index in [9.17, 15) is 19.8 Å². The maximum Gasteiger partial charge on any atom is 1.00 e. The summed E-state index contributed by atoms with van der Waals surface area (Å²) in [4.78, 5) is 21.0. The summed E-state index contributed by atoms with van der Waals surface area (Å²) in [6, 6.07) is 6.39. The molecule has 18 heavy (non-hydrogen) atoms. The summed E-state index contributed by atoms with van der Waals surface area (Å²) < 4.78 is 4.93. The summed E-state index contributed by atoms with van der Waals surface area (Å²) in [5.41, 5.74) is -0.599. The molecular weight excluding hydrogens is 290 g/mol. The SMILES string of the molecule is COc1ccccc1C=C(C(=O)[O-])C(=O)[O-].[K+].[K+]. The molecule has 0 aliphatic carbocycles. The number of carboxylic acid groups (broad SMARTS) is 2. The molecule has 0 saturated carbocycles. The molecule has 0 aromatic heterocycles. The molecule has 0 N–H and O–H groups in total. The third kappa shape index (κ3) is 6.42. The predicted molar refractivity (Wildman–Crippen MR) is 51.0 cm³/mol. The van der Waals surface area contributed by atoms with E-state index in [2.05, 4.69) is 0 Å². The number of hydrogen-bond acceptors (Lipinski definition) is 5. The molecule has 0 spiro atoms. The Morgan fingerprint density at radius 2 is 1.61 bits per heavy atom. The summed E-state index contributed by atoms with van der Waals surface area (Å²) >= 11 is 0. The van der Waals surface area contributed by atoms with Gasteiger partial charge in [0.05, 0.1) is 19.0 Å². The van der Waals surface area contributed by atoms with Gasteiger partial charge in [-0.15, -0.1) is 0 Å². The van der Waals surface area contributed by atoms with Crippen molar-refractivity contribution in [3.63, 3.8) is 0 Å². The van der Waals surface area contributed by atoms with Gasteiger partial charge >= 0.3 is 103 Å². The molecule has 0 unspecified atom stereocenters. The maximum absolute atomic E-state index is 10.5. The monoisotopic (exact) mass is 298 g/mol. The number of hydrogen-bond donors (Lipinski definition) is 0. The summed E-state index contributed by atoms with van der Waals surface area (Å²) in [6.45, 7) is 0. The van der Waals surface area contributed by atoms with E-state index in [-0.39, 0.29) is 103 Å². The molecule has 84 valence electrons. The van der Waals surface area contributed by atoms with E-state index in [0.717, 1.165) is 6.08 Å². The number of carbonyl (C=O) groups excluding carboxylic acids is 2. The van der Waals surface area contributed by atoms with Crippen molar-refractivity contribution >= 4 is 18.0 Å². The fraction of sp³-hybridized carbons (Fsp3) is 0.0909. The van der Waals surface area contributed by atoms with Gasteiger partial charge in [-0.25, -0.2) is 0 Å². The van der Waals surface area contributed by atoms with Crippen LogP contribution in [0.4, 0.5) is 0 Å². The van der Waals surface area contributed by atoms with Crippen molar-refractivity contribution in [2.45, 2.75) is 0 Å². The zero-order chi connectivity index (χ0) is 12.1. The topological polar surface area (TPSA) is 89.5 Å². The molecule has 0 saturated heterocycles. The second-order valence-corrected chi connectivity index (χ2v) is 2.87. The van der Waals surface area contributed by atoms with E-state index in [1.54, 1.807) is 18.2 Å². The van der Waals surface area contributed by atoms with Crippen LogP contribution in [-0.2, 0) is 9.59 Å². The second kappa shape index (κ2) is 10.7. The summed E-state index contributed by atoms with van der Waals surface area (Å²) in [5.74, 6) is -3.24. The Kier molecular flexibility index (Phi) is 12.7. The van der Waals surface area contributed by atoms with Crippen LogP contribution in [0.3, 0.4) is 0 Å². The van der Waals surface area contributed by atoms with Crippen molar-refractivity contribution in [3.8, 4) is 5.75 Å². The molecule has 0 aliphatic heterocycles. The summed E-state index contributed by atoms with van der Waals surface area (Å²) in [7, 11) is 1.39. The van der Waals surface area contributed by atoms with Crippen molar-refractivity contribution in [1.29, 1.82) is 0 Å². The first-order valence-electron chi connectivity index (χ1n) is 4.33. The van der Waals surface area contributed by atoms with E-state index in [4.69, 9.17) is 4.74 Å². The van der Waals surface area contributed by atoms with Gasteiger partial charge in [0.15, 0.2) is 0 Å². The number of aliphatic carboxylic acids is 2. The van der Waals surface area contributed by atoms with Gasteiger partial charge in [0, 0.05) is 11.1 Å². The van der Waals surface area contributed by atoms with Gasteiger partial charge < -0.3 is 24.5 Å². The molecular formula is C11H8K2O5. The van der Waals surface area contributed by atoms with Gasteiger partial charge in [0.25, 0.3) is 0 Å². The molecule has 0 bridgehead atoms. The molecule has 5 nitrogen and oxygen atoms in total. The summed E-state index contributed by atoms with van der Waals surface area (Å²) in [5, 5.41) is 21.0. The molecule has 0 fully saturated rings. The van der Waals surface area contributed by atoms with Crippen LogP contribution in [0.2, 0.25) is 0 Å². The van der Waals surface area contributed by atoms with Gasteiger partial charge in [-0.1, -0.05) is 18.2 Å². The molecule has 0 heterocycles. The smallest absolute Gasteiger partial charge is 0.545 e. The number of rotatable bonds is 4. The van der Waals surface area contributed by atoms with Crippen LogP contribution in [0.5, 0.6) is 5.75 Å². The molecule has 0 radical (unpaired) electrons.